The summed E-state index contributed by atoms with van der Waals surface area (Å²) in [6.45, 7) is 32.2. The number of rotatable bonds is 25. The van der Waals surface area contributed by atoms with Crippen LogP contribution in [0.4, 0.5) is 0 Å². The molecule has 0 nitrogen and oxygen atoms in total. The zero-order valence-electron chi connectivity index (χ0n) is 30.0. The Hall–Kier alpha value is 0. The Balaban J connectivity index is 5.09. The summed E-state index contributed by atoms with van der Waals surface area (Å²) < 4.78 is 0. The molecule has 0 rings (SSSR count). The highest BCUT2D eigenvalue weighted by molar-refractivity contribution is 4.76. The number of hydrogen-bond acceptors (Lipinski definition) is 0. The van der Waals surface area contributed by atoms with Gasteiger partial charge in [-0.15, -0.1) is 0 Å². The van der Waals surface area contributed by atoms with E-state index in [-0.39, 0.29) is 0 Å². The molecule has 0 bridgehead atoms. The zero-order chi connectivity index (χ0) is 30.0. The van der Waals surface area contributed by atoms with Crippen LogP contribution in [0.15, 0.2) is 0 Å². The van der Waals surface area contributed by atoms with E-state index in [0.717, 1.165) is 53.3 Å². The molecule has 0 N–H and O–H groups in total. The first-order valence-corrected chi connectivity index (χ1v) is 18.3. The molecule has 0 aliphatic heterocycles. The molecule has 39 heavy (non-hydrogen) atoms. The summed E-state index contributed by atoms with van der Waals surface area (Å²) in [6.07, 6.45) is 22.6. The van der Waals surface area contributed by atoms with Gasteiger partial charge in [0, 0.05) is 0 Å². The van der Waals surface area contributed by atoms with Gasteiger partial charge in [0.25, 0.3) is 0 Å². The predicted molar refractivity (Wildman–Crippen MR) is 181 cm³/mol. The van der Waals surface area contributed by atoms with E-state index in [1.54, 1.807) is 0 Å². The van der Waals surface area contributed by atoms with Crippen LogP contribution in [-0.4, -0.2) is 0 Å². The number of unbranched alkanes of at least 4 members (excludes halogenated alkanes) is 1. The van der Waals surface area contributed by atoms with E-state index in [9.17, 15) is 0 Å². The second-order valence-electron chi connectivity index (χ2n) is 15.9. The summed E-state index contributed by atoms with van der Waals surface area (Å²) >= 11 is 0. The molecule has 9 unspecified atom stereocenters. The van der Waals surface area contributed by atoms with Crippen LogP contribution in [0.5, 0.6) is 0 Å². The molecule has 0 aliphatic carbocycles. The summed E-state index contributed by atoms with van der Waals surface area (Å²) in [7, 11) is 0. The molecule has 0 aromatic heterocycles. The Kier molecular flexibility index (Phi) is 21.7. The van der Waals surface area contributed by atoms with Gasteiger partial charge in [-0.25, -0.2) is 0 Å². The predicted octanol–water partition coefficient (Wildman–Crippen LogP) is 14.0. The molecule has 0 heterocycles. The van der Waals surface area contributed by atoms with Crippen molar-refractivity contribution in [3.63, 3.8) is 0 Å². The summed E-state index contributed by atoms with van der Waals surface area (Å²) in [4.78, 5) is 0. The van der Waals surface area contributed by atoms with Gasteiger partial charge in [-0.3, -0.25) is 0 Å². The minimum absolute atomic E-state index is 0.510. The lowest BCUT2D eigenvalue weighted by molar-refractivity contribution is 0.198. The lowest BCUT2D eigenvalue weighted by Gasteiger charge is -2.31. The first-order valence-electron chi connectivity index (χ1n) is 18.3. The van der Waals surface area contributed by atoms with E-state index in [4.69, 9.17) is 0 Å². The van der Waals surface area contributed by atoms with Crippen molar-refractivity contribution in [3.05, 3.63) is 0 Å². The maximum Gasteiger partial charge on any atom is -0.0357 e. The van der Waals surface area contributed by atoms with Crippen LogP contribution in [-0.2, 0) is 0 Å². The Morgan fingerprint density at radius 2 is 1.08 bits per heavy atom. The fourth-order valence-corrected chi connectivity index (χ4v) is 7.25. The second-order valence-corrected chi connectivity index (χ2v) is 15.9. The maximum atomic E-state index is 2.62. The van der Waals surface area contributed by atoms with E-state index in [1.165, 1.54) is 103 Å². The van der Waals surface area contributed by atoms with Crippen LogP contribution < -0.4 is 0 Å². The third-order valence-electron chi connectivity index (χ3n) is 11.7. The minimum atomic E-state index is 0.510. The molecular formula is C39H80. The molecule has 0 aliphatic rings. The molecule has 0 saturated carbocycles. The molecule has 0 fully saturated rings. The number of hydrogen-bond donors (Lipinski definition) is 0. The van der Waals surface area contributed by atoms with Gasteiger partial charge in [-0.2, -0.15) is 0 Å². The summed E-state index contributed by atoms with van der Waals surface area (Å²) in [6, 6.07) is 0. The van der Waals surface area contributed by atoms with Gasteiger partial charge in [-0.1, -0.05) is 173 Å². The van der Waals surface area contributed by atoms with Crippen molar-refractivity contribution < 1.29 is 0 Å². The highest BCUT2D eigenvalue weighted by Gasteiger charge is 2.25. The molecule has 0 amide bonds. The first kappa shape index (κ1) is 39.0. The van der Waals surface area contributed by atoms with Crippen molar-refractivity contribution in [2.24, 2.45) is 58.7 Å². The molecule has 0 radical (unpaired) electrons. The molecule has 236 valence electrons. The van der Waals surface area contributed by atoms with Crippen LogP contribution in [0, 0.1) is 58.7 Å². The zero-order valence-corrected chi connectivity index (χ0v) is 30.0. The molecule has 0 aromatic rings. The van der Waals surface area contributed by atoms with Gasteiger partial charge in [0.2, 0.25) is 0 Å². The first-order chi connectivity index (χ1) is 18.3. The van der Waals surface area contributed by atoms with E-state index >= 15 is 0 Å². The Labute approximate surface area is 251 Å². The lowest BCUT2D eigenvalue weighted by atomic mass is 9.74. The van der Waals surface area contributed by atoms with Crippen LogP contribution in [0.2, 0.25) is 0 Å². The summed E-state index contributed by atoms with van der Waals surface area (Å²) in [5.74, 6) is 7.96. The van der Waals surface area contributed by atoms with Crippen molar-refractivity contribution in [2.75, 3.05) is 0 Å². The van der Waals surface area contributed by atoms with E-state index in [2.05, 4.69) is 90.0 Å². The topological polar surface area (TPSA) is 0 Å². The third-order valence-corrected chi connectivity index (χ3v) is 11.7. The standard InChI is InChI=1S/C39H80/c1-14-18-22-37(20-15-2)33(8)21-19-23-38(29-31(6)26-27-39(12,13)17-4)34(9)25-24-30(5)28-35(10)36(11)32(7)16-3/h30-38H,14-29H2,1-13H3. The molecule has 0 spiro atoms. The van der Waals surface area contributed by atoms with Crippen molar-refractivity contribution in [1.82, 2.24) is 0 Å². The second kappa shape index (κ2) is 21.7. The normalized spacial score (nSPS) is 19.6. The maximum absolute atomic E-state index is 2.62. The summed E-state index contributed by atoms with van der Waals surface area (Å²) in [5.41, 5.74) is 0.510. The molecular weight excluding hydrogens is 468 g/mol. The quantitative estimate of drug-likeness (QED) is 0.106. The molecule has 0 aromatic carbocycles. The van der Waals surface area contributed by atoms with Crippen LogP contribution in [0.3, 0.4) is 0 Å². The van der Waals surface area contributed by atoms with Crippen LogP contribution >= 0.6 is 0 Å². The molecule has 0 heteroatoms. The van der Waals surface area contributed by atoms with Gasteiger partial charge in [-0.05, 0) is 77.9 Å². The van der Waals surface area contributed by atoms with Crippen molar-refractivity contribution in [2.45, 2.75) is 193 Å². The average molecular weight is 549 g/mol. The Morgan fingerprint density at radius 3 is 1.64 bits per heavy atom. The van der Waals surface area contributed by atoms with Gasteiger partial charge < -0.3 is 0 Å². The minimum Gasteiger partial charge on any atom is -0.0654 e. The van der Waals surface area contributed by atoms with Crippen molar-refractivity contribution in [3.8, 4) is 0 Å². The molecule has 9 atom stereocenters. The van der Waals surface area contributed by atoms with E-state index in [1.807, 2.05) is 0 Å². The van der Waals surface area contributed by atoms with Gasteiger partial charge in [0.15, 0.2) is 0 Å². The SMILES string of the molecule is CCCCC(CCC)C(C)CCCC(CC(C)CCC(C)(C)CC)C(C)CCC(C)CC(C)C(C)C(C)CC. The molecule has 0 saturated heterocycles. The van der Waals surface area contributed by atoms with E-state index in [0.29, 0.717) is 5.41 Å². The smallest absolute Gasteiger partial charge is 0.0357 e. The van der Waals surface area contributed by atoms with Gasteiger partial charge in [0.05, 0.1) is 0 Å². The van der Waals surface area contributed by atoms with Gasteiger partial charge >= 0.3 is 0 Å². The third kappa shape index (κ3) is 17.5. The summed E-state index contributed by atoms with van der Waals surface area (Å²) in [5, 5.41) is 0. The van der Waals surface area contributed by atoms with Crippen LogP contribution in [0.25, 0.3) is 0 Å². The lowest BCUT2D eigenvalue weighted by Crippen LogP contribution is -2.20. The highest BCUT2D eigenvalue weighted by atomic mass is 14.3. The fourth-order valence-electron chi connectivity index (χ4n) is 7.25. The van der Waals surface area contributed by atoms with E-state index < -0.39 is 0 Å². The average Bonchev–Trinajstić information content (AvgIpc) is 2.91. The van der Waals surface area contributed by atoms with Gasteiger partial charge in [0.1, 0.15) is 0 Å². The Morgan fingerprint density at radius 1 is 0.487 bits per heavy atom. The highest BCUT2D eigenvalue weighted by Crippen LogP contribution is 2.37. The Bertz CT molecular complexity index is 546. The van der Waals surface area contributed by atoms with Crippen LogP contribution in [0.1, 0.15) is 193 Å². The largest absolute Gasteiger partial charge is 0.0654 e. The van der Waals surface area contributed by atoms with Crippen molar-refractivity contribution >= 4 is 0 Å². The monoisotopic (exact) mass is 549 g/mol. The fraction of sp³-hybridized carbons (Fsp3) is 1.00. The van der Waals surface area contributed by atoms with Crippen molar-refractivity contribution in [1.29, 1.82) is 0 Å².